The van der Waals surface area contributed by atoms with Crippen LogP contribution in [0.1, 0.15) is 37.0 Å². The number of imidazole rings is 1. The second-order valence-electron chi connectivity index (χ2n) is 6.14. The minimum Gasteiger partial charge on any atom is -0.349 e. The quantitative estimate of drug-likeness (QED) is 0.513. The Morgan fingerprint density at radius 3 is 2.85 bits per heavy atom. The molecule has 8 nitrogen and oxygen atoms in total. The van der Waals surface area contributed by atoms with Crippen molar-refractivity contribution in [3.05, 3.63) is 36.2 Å². The highest BCUT2D eigenvalue weighted by molar-refractivity contribution is 5.99. The standard InChI is InChI=1S/C18H19N7O/c1-3-11(4-2)21-18(26)10-8-12-14(24-25-15(12)20-9-10)17-22-13-6-5-7-19-16(13)23-17/h5-9,11H,3-4H2,1-2H3,(H,21,26)(H,19,22,23)(H,20,24,25). The zero-order chi connectivity index (χ0) is 18.1. The van der Waals surface area contributed by atoms with E-state index in [9.17, 15) is 4.79 Å². The van der Waals surface area contributed by atoms with Gasteiger partial charge < -0.3 is 10.3 Å². The molecule has 132 valence electrons. The molecule has 0 spiro atoms. The van der Waals surface area contributed by atoms with Crippen molar-refractivity contribution < 1.29 is 4.79 Å². The van der Waals surface area contributed by atoms with Crippen LogP contribution in [0.4, 0.5) is 0 Å². The van der Waals surface area contributed by atoms with Gasteiger partial charge in [-0.3, -0.25) is 9.89 Å². The van der Waals surface area contributed by atoms with Crippen molar-refractivity contribution in [2.45, 2.75) is 32.7 Å². The maximum atomic E-state index is 12.5. The Kier molecular flexibility index (Phi) is 4.08. The van der Waals surface area contributed by atoms with Gasteiger partial charge in [-0.05, 0) is 31.0 Å². The van der Waals surface area contributed by atoms with Gasteiger partial charge in [0.2, 0.25) is 0 Å². The fourth-order valence-electron chi connectivity index (χ4n) is 2.93. The van der Waals surface area contributed by atoms with E-state index in [0.717, 1.165) is 23.7 Å². The van der Waals surface area contributed by atoms with Crippen LogP contribution in [0.15, 0.2) is 30.6 Å². The van der Waals surface area contributed by atoms with Crippen LogP contribution in [0.2, 0.25) is 0 Å². The predicted octanol–water partition coefficient (Wildman–Crippen LogP) is 2.81. The summed E-state index contributed by atoms with van der Waals surface area (Å²) in [5.41, 5.74) is 3.17. The second kappa shape index (κ2) is 6.55. The largest absolute Gasteiger partial charge is 0.349 e. The molecule has 0 saturated carbocycles. The topological polar surface area (TPSA) is 112 Å². The number of fused-ring (bicyclic) bond motifs is 2. The molecular weight excluding hydrogens is 330 g/mol. The normalized spacial score (nSPS) is 11.5. The van der Waals surface area contributed by atoms with E-state index in [1.807, 2.05) is 12.1 Å². The van der Waals surface area contributed by atoms with Gasteiger partial charge >= 0.3 is 0 Å². The van der Waals surface area contributed by atoms with Crippen LogP contribution in [0.3, 0.4) is 0 Å². The van der Waals surface area contributed by atoms with Gasteiger partial charge in [0.05, 0.1) is 10.9 Å². The first-order valence-electron chi connectivity index (χ1n) is 8.65. The van der Waals surface area contributed by atoms with E-state index < -0.39 is 0 Å². The van der Waals surface area contributed by atoms with E-state index in [2.05, 4.69) is 49.3 Å². The van der Waals surface area contributed by atoms with Gasteiger partial charge in [-0.2, -0.15) is 5.10 Å². The van der Waals surface area contributed by atoms with Crippen molar-refractivity contribution in [2.75, 3.05) is 0 Å². The molecule has 3 N–H and O–H groups in total. The molecule has 4 rings (SSSR count). The highest BCUT2D eigenvalue weighted by atomic mass is 16.1. The lowest BCUT2D eigenvalue weighted by Crippen LogP contribution is -2.33. The smallest absolute Gasteiger partial charge is 0.253 e. The van der Waals surface area contributed by atoms with E-state index >= 15 is 0 Å². The summed E-state index contributed by atoms with van der Waals surface area (Å²) < 4.78 is 0. The van der Waals surface area contributed by atoms with Crippen LogP contribution < -0.4 is 5.32 Å². The number of carbonyl (C=O) groups is 1. The summed E-state index contributed by atoms with van der Waals surface area (Å²) in [7, 11) is 0. The van der Waals surface area contributed by atoms with Crippen molar-refractivity contribution in [2.24, 2.45) is 0 Å². The van der Waals surface area contributed by atoms with Crippen molar-refractivity contribution in [1.29, 1.82) is 0 Å². The molecule has 8 heteroatoms. The molecule has 1 amide bonds. The van der Waals surface area contributed by atoms with E-state index in [-0.39, 0.29) is 11.9 Å². The molecule has 0 aliphatic rings. The monoisotopic (exact) mass is 349 g/mol. The highest BCUT2D eigenvalue weighted by Crippen LogP contribution is 2.25. The Morgan fingerprint density at radius 1 is 1.23 bits per heavy atom. The molecule has 26 heavy (non-hydrogen) atoms. The Labute approximate surface area is 149 Å². The van der Waals surface area contributed by atoms with Gasteiger partial charge in [-0.25, -0.2) is 15.0 Å². The summed E-state index contributed by atoms with van der Waals surface area (Å²) in [5, 5.41) is 11.0. The van der Waals surface area contributed by atoms with Crippen molar-refractivity contribution in [3.63, 3.8) is 0 Å². The maximum absolute atomic E-state index is 12.5. The van der Waals surface area contributed by atoms with Gasteiger partial charge in [-0.15, -0.1) is 0 Å². The molecule has 0 aliphatic heterocycles. The Bertz CT molecular complexity index is 1040. The molecule has 4 aromatic rings. The van der Waals surface area contributed by atoms with Crippen LogP contribution in [-0.4, -0.2) is 42.1 Å². The number of rotatable bonds is 5. The van der Waals surface area contributed by atoms with Crippen LogP contribution in [-0.2, 0) is 0 Å². The number of aromatic nitrogens is 6. The minimum atomic E-state index is -0.133. The highest BCUT2D eigenvalue weighted by Gasteiger charge is 2.17. The van der Waals surface area contributed by atoms with E-state index in [0.29, 0.717) is 28.4 Å². The molecule has 0 unspecified atom stereocenters. The van der Waals surface area contributed by atoms with E-state index in [1.165, 1.54) is 0 Å². The lowest BCUT2D eigenvalue weighted by Gasteiger charge is -2.14. The molecule has 4 aromatic heterocycles. The summed E-state index contributed by atoms with van der Waals surface area (Å²) in [6.07, 6.45) is 5.04. The van der Waals surface area contributed by atoms with Gasteiger partial charge in [0, 0.05) is 18.4 Å². The average Bonchev–Trinajstić information content (AvgIpc) is 3.28. The zero-order valence-corrected chi connectivity index (χ0v) is 14.6. The minimum absolute atomic E-state index is 0.133. The third-order valence-corrected chi connectivity index (χ3v) is 4.48. The van der Waals surface area contributed by atoms with Gasteiger partial charge in [0.1, 0.15) is 11.2 Å². The number of nitrogens with one attached hydrogen (secondary N) is 3. The first-order chi connectivity index (χ1) is 12.7. The Morgan fingerprint density at radius 2 is 2.08 bits per heavy atom. The predicted molar refractivity (Wildman–Crippen MR) is 98.6 cm³/mol. The number of hydrogen-bond acceptors (Lipinski definition) is 5. The fraction of sp³-hybridized carbons (Fsp3) is 0.278. The van der Waals surface area contributed by atoms with E-state index in [1.54, 1.807) is 18.5 Å². The molecule has 0 saturated heterocycles. The number of H-pyrrole nitrogens is 2. The second-order valence-corrected chi connectivity index (χ2v) is 6.14. The zero-order valence-electron chi connectivity index (χ0n) is 14.6. The number of nitrogens with zero attached hydrogens (tertiary/aromatic N) is 4. The van der Waals surface area contributed by atoms with Crippen molar-refractivity contribution in [1.82, 2.24) is 35.5 Å². The molecule has 0 aliphatic carbocycles. The SMILES string of the molecule is CCC(CC)NC(=O)c1cnc2[nH]nc(-c3nc4cccnc4[nH]3)c2c1. The van der Waals surface area contributed by atoms with Gasteiger partial charge in [0.25, 0.3) is 5.91 Å². The molecule has 0 fully saturated rings. The summed E-state index contributed by atoms with van der Waals surface area (Å²) in [6.45, 7) is 4.11. The first-order valence-corrected chi connectivity index (χ1v) is 8.65. The number of pyridine rings is 2. The molecule has 0 atom stereocenters. The van der Waals surface area contributed by atoms with Crippen LogP contribution in [0.5, 0.6) is 0 Å². The molecule has 0 bridgehead atoms. The summed E-state index contributed by atoms with van der Waals surface area (Å²) in [5.74, 6) is 0.454. The van der Waals surface area contributed by atoms with Crippen LogP contribution in [0.25, 0.3) is 33.7 Å². The van der Waals surface area contributed by atoms with Crippen LogP contribution >= 0.6 is 0 Å². The number of aromatic amines is 2. The average molecular weight is 349 g/mol. The molecule has 0 radical (unpaired) electrons. The number of amides is 1. The summed E-state index contributed by atoms with van der Waals surface area (Å²) >= 11 is 0. The van der Waals surface area contributed by atoms with Crippen molar-refractivity contribution >= 4 is 28.1 Å². The molecule has 4 heterocycles. The molecule has 0 aromatic carbocycles. The Hall–Kier alpha value is -3.29. The third-order valence-electron chi connectivity index (χ3n) is 4.48. The Balaban J connectivity index is 1.74. The maximum Gasteiger partial charge on any atom is 0.253 e. The van der Waals surface area contributed by atoms with E-state index in [4.69, 9.17) is 0 Å². The summed E-state index contributed by atoms with van der Waals surface area (Å²) in [4.78, 5) is 28.8. The lowest BCUT2D eigenvalue weighted by molar-refractivity contribution is 0.0934. The lowest BCUT2D eigenvalue weighted by atomic mass is 10.1. The third kappa shape index (κ3) is 2.79. The number of carbonyl (C=O) groups excluding carboxylic acids is 1. The fourth-order valence-corrected chi connectivity index (χ4v) is 2.93. The first kappa shape index (κ1) is 16.2. The van der Waals surface area contributed by atoms with Crippen molar-refractivity contribution in [3.8, 4) is 11.5 Å². The summed E-state index contributed by atoms with van der Waals surface area (Å²) in [6, 6.07) is 5.66. The van der Waals surface area contributed by atoms with Crippen LogP contribution in [0, 0.1) is 0 Å². The van der Waals surface area contributed by atoms with Gasteiger partial charge in [0.15, 0.2) is 17.1 Å². The van der Waals surface area contributed by atoms with Gasteiger partial charge in [-0.1, -0.05) is 13.8 Å². The number of hydrogen-bond donors (Lipinski definition) is 3. The molecular formula is C18H19N7O.